The fourth-order valence-corrected chi connectivity index (χ4v) is 4.48. The number of rotatable bonds is 4. The Kier molecular flexibility index (Phi) is 5.60. The molecule has 0 unspecified atom stereocenters. The Morgan fingerprint density at radius 2 is 1.69 bits per heavy atom. The van der Waals surface area contributed by atoms with Crippen LogP contribution in [-0.4, -0.2) is 19.7 Å². The highest BCUT2D eigenvalue weighted by Crippen LogP contribution is 2.32. The summed E-state index contributed by atoms with van der Waals surface area (Å²) in [4.78, 5) is 19.9. The van der Waals surface area contributed by atoms with Gasteiger partial charge in [-0.25, -0.2) is 9.67 Å². The minimum absolute atomic E-state index is 0.229. The number of hydrogen-bond donors (Lipinski definition) is 1. The predicted molar refractivity (Wildman–Crippen MR) is 139 cm³/mol. The fraction of sp³-hybridized carbons (Fsp3) is 0.103. The molecule has 6 nitrogen and oxygen atoms in total. The second-order valence-corrected chi connectivity index (χ2v) is 8.59. The Bertz CT molecular complexity index is 1680. The number of nitrogens with zero attached hydrogens (tertiary/aromatic N) is 4. The van der Waals surface area contributed by atoms with Crippen LogP contribution in [-0.2, 0) is 0 Å². The molecule has 6 heteroatoms. The predicted octanol–water partition coefficient (Wildman–Crippen LogP) is 5.77. The number of H-pyrrole nitrogens is 1. The van der Waals surface area contributed by atoms with Gasteiger partial charge in [0.15, 0.2) is 5.82 Å². The van der Waals surface area contributed by atoms with E-state index < -0.39 is 0 Å². The van der Waals surface area contributed by atoms with Gasteiger partial charge in [-0.2, -0.15) is 10.4 Å². The maximum absolute atomic E-state index is 12.6. The van der Waals surface area contributed by atoms with E-state index in [1.54, 1.807) is 24.3 Å². The third-order valence-electron chi connectivity index (χ3n) is 5.97. The SMILES string of the molecule is Cc1cc(C)c(-c2nn(-c3ccccc3)cc2C=C(C#N)c2nc3ccccc3c(=O)[nH]2)c(C)c1. The number of allylic oxidation sites excluding steroid dienone is 1. The molecule has 0 bridgehead atoms. The average molecular weight is 458 g/mol. The minimum Gasteiger partial charge on any atom is -0.305 e. The van der Waals surface area contributed by atoms with Gasteiger partial charge in [0.25, 0.3) is 5.56 Å². The highest BCUT2D eigenvalue weighted by Gasteiger charge is 2.17. The van der Waals surface area contributed by atoms with Crippen LogP contribution in [0.1, 0.15) is 28.1 Å². The molecule has 0 amide bonds. The molecular formula is C29H23N5O. The molecule has 0 spiro atoms. The van der Waals surface area contributed by atoms with Crippen molar-refractivity contribution in [1.29, 1.82) is 5.26 Å². The van der Waals surface area contributed by atoms with Crippen molar-refractivity contribution in [2.45, 2.75) is 20.8 Å². The van der Waals surface area contributed by atoms with E-state index in [4.69, 9.17) is 5.10 Å². The van der Waals surface area contributed by atoms with Gasteiger partial charge in [0.1, 0.15) is 11.8 Å². The maximum atomic E-state index is 12.6. The third kappa shape index (κ3) is 4.16. The van der Waals surface area contributed by atoms with Gasteiger partial charge in [-0.15, -0.1) is 0 Å². The van der Waals surface area contributed by atoms with Gasteiger partial charge in [0.05, 0.1) is 22.2 Å². The Labute approximate surface area is 202 Å². The lowest BCUT2D eigenvalue weighted by molar-refractivity contribution is 0.883. The van der Waals surface area contributed by atoms with E-state index in [0.717, 1.165) is 33.6 Å². The van der Waals surface area contributed by atoms with Gasteiger partial charge >= 0.3 is 0 Å². The van der Waals surface area contributed by atoms with Crippen LogP contribution in [0, 0.1) is 32.1 Å². The van der Waals surface area contributed by atoms with Crippen molar-refractivity contribution in [2.24, 2.45) is 0 Å². The average Bonchev–Trinajstić information content (AvgIpc) is 3.25. The summed E-state index contributed by atoms with van der Waals surface area (Å²) in [5.74, 6) is 0.229. The molecule has 2 heterocycles. The van der Waals surface area contributed by atoms with Gasteiger partial charge in [-0.3, -0.25) is 4.79 Å². The van der Waals surface area contributed by atoms with Crippen LogP contribution in [0.4, 0.5) is 0 Å². The van der Waals surface area contributed by atoms with Crippen molar-refractivity contribution in [3.05, 3.63) is 111 Å². The summed E-state index contributed by atoms with van der Waals surface area (Å²) in [5, 5.41) is 15.4. The van der Waals surface area contributed by atoms with E-state index in [0.29, 0.717) is 10.9 Å². The van der Waals surface area contributed by atoms with Crippen molar-refractivity contribution >= 4 is 22.6 Å². The summed E-state index contributed by atoms with van der Waals surface area (Å²) in [6.07, 6.45) is 3.65. The van der Waals surface area contributed by atoms with Crippen molar-refractivity contribution in [2.75, 3.05) is 0 Å². The standard InChI is InChI=1S/C29H23N5O/c1-18-13-19(2)26(20(3)14-18)27-22(17-34(33-27)23-9-5-4-6-10-23)15-21(16-30)28-31-25-12-8-7-11-24(25)29(35)32-28/h4-15,17H,1-3H3,(H,31,32,35). The van der Waals surface area contributed by atoms with Gasteiger partial charge in [0, 0.05) is 17.3 Å². The monoisotopic (exact) mass is 457 g/mol. The number of benzene rings is 3. The zero-order chi connectivity index (χ0) is 24.5. The quantitative estimate of drug-likeness (QED) is 0.347. The first-order valence-electron chi connectivity index (χ1n) is 11.3. The lowest BCUT2D eigenvalue weighted by Crippen LogP contribution is -2.11. The fourth-order valence-electron chi connectivity index (χ4n) is 4.48. The molecule has 35 heavy (non-hydrogen) atoms. The molecule has 0 saturated heterocycles. The Morgan fingerprint density at radius 3 is 2.40 bits per heavy atom. The van der Waals surface area contributed by atoms with E-state index in [9.17, 15) is 10.1 Å². The normalized spacial score (nSPS) is 11.5. The molecule has 0 aliphatic rings. The molecule has 1 N–H and O–H groups in total. The summed E-state index contributed by atoms with van der Waals surface area (Å²) in [7, 11) is 0. The number of nitriles is 1. The molecule has 2 aromatic heterocycles. The lowest BCUT2D eigenvalue weighted by atomic mass is 9.95. The molecule has 5 rings (SSSR count). The van der Waals surface area contributed by atoms with Gasteiger partial charge in [-0.1, -0.05) is 48.0 Å². The van der Waals surface area contributed by atoms with Crippen molar-refractivity contribution < 1.29 is 0 Å². The summed E-state index contributed by atoms with van der Waals surface area (Å²) in [5.41, 5.74) is 7.35. The molecule has 0 saturated carbocycles. The van der Waals surface area contributed by atoms with E-state index in [1.165, 1.54) is 5.56 Å². The van der Waals surface area contributed by atoms with Crippen LogP contribution in [0.3, 0.4) is 0 Å². The zero-order valence-electron chi connectivity index (χ0n) is 19.7. The van der Waals surface area contributed by atoms with Crippen LogP contribution in [0.2, 0.25) is 0 Å². The van der Waals surface area contributed by atoms with Crippen LogP contribution in [0.5, 0.6) is 0 Å². The second kappa shape index (κ2) is 8.88. The number of para-hydroxylation sites is 2. The summed E-state index contributed by atoms with van der Waals surface area (Å²) in [6, 6.07) is 23.4. The van der Waals surface area contributed by atoms with Gasteiger partial charge in [-0.05, 0) is 62.2 Å². The van der Waals surface area contributed by atoms with Gasteiger partial charge < -0.3 is 4.98 Å². The molecule has 0 aliphatic heterocycles. The smallest absolute Gasteiger partial charge is 0.259 e. The first kappa shape index (κ1) is 22.1. The zero-order valence-corrected chi connectivity index (χ0v) is 19.7. The summed E-state index contributed by atoms with van der Waals surface area (Å²) < 4.78 is 1.81. The van der Waals surface area contributed by atoms with E-state index in [-0.39, 0.29) is 17.0 Å². The Morgan fingerprint density at radius 1 is 1.00 bits per heavy atom. The topological polar surface area (TPSA) is 87.4 Å². The van der Waals surface area contributed by atoms with Crippen LogP contribution >= 0.6 is 0 Å². The number of hydrogen-bond acceptors (Lipinski definition) is 4. The molecule has 0 radical (unpaired) electrons. The Balaban J connectivity index is 1.74. The molecule has 0 fully saturated rings. The van der Waals surface area contributed by atoms with Gasteiger partial charge in [0.2, 0.25) is 0 Å². The van der Waals surface area contributed by atoms with E-state index in [2.05, 4.69) is 48.9 Å². The number of aryl methyl sites for hydroxylation is 3. The highest BCUT2D eigenvalue weighted by molar-refractivity contribution is 5.92. The minimum atomic E-state index is -0.280. The highest BCUT2D eigenvalue weighted by atomic mass is 16.1. The lowest BCUT2D eigenvalue weighted by Gasteiger charge is -2.10. The van der Waals surface area contributed by atoms with Crippen molar-refractivity contribution in [1.82, 2.24) is 19.7 Å². The summed E-state index contributed by atoms with van der Waals surface area (Å²) >= 11 is 0. The second-order valence-electron chi connectivity index (χ2n) is 8.59. The largest absolute Gasteiger partial charge is 0.305 e. The first-order chi connectivity index (χ1) is 16.9. The maximum Gasteiger partial charge on any atom is 0.259 e. The van der Waals surface area contributed by atoms with E-state index >= 15 is 0 Å². The number of aromatic nitrogens is 4. The van der Waals surface area contributed by atoms with Crippen molar-refractivity contribution in [3.8, 4) is 23.0 Å². The van der Waals surface area contributed by atoms with E-state index in [1.807, 2.05) is 47.3 Å². The van der Waals surface area contributed by atoms with Crippen LogP contribution in [0.25, 0.3) is 39.5 Å². The molecule has 0 aliphatic carbocycles. The number of nitrogens with one attached hydrogen (secondary N) is 1. The molecular weight excluding hydrogens is 434 g/mol. The molecule has 3 aromatic carbocycles. The van der Waals surface area contributed by atoms with Crippen LogP contribution < -0.4 is 5.56 Å². The Hall–Kier alpha value is -4.76. The number of fused-ring (bicyclic) bond motifs is 1. The summed E-state index contributed by atoms with van der Waals surface area (Å²) in [6.45, 7) is 6.21. The molecule has 170 valence electrons. The molecule has 0 atom stereocenters. The third-order valence-corrected chi connectivity index (χ3v) is 5.97. The van der Waals surface area contributed by atoms with Crippen LogP contribution in [0.15, 0.2) is 77.7 Å². The first-order valence-corrected chi connectivity index (χ1v) is 11.3. The molecule has 5 aromatic rings. The number of aromatic amines is 1. The van der Waals surface area contributed by atoms with Crippen molar-refractivity contribution in [3.63, 3.8) is 0 Å².